The molecule has 0 aromatic heterocycles. The lowest BCUT2D eigenvalue weighted by Crippen LogP contribution is -2.34. The van der Waals surface area contributed by atoms with Crippen molar-refractivity contribution < 1.29 is 19.2 Å². The smallest absolute Gasteiger partial charge is 0.315 e. The molecular formula is C14H25N3O5S. The fourth-order valence-corrected chi connectivity index (χ4v) is 3.19. The third-order valence-electron chi connectivity index (χ3n) is 3.43. The highest BCUT2D eigenvalue weighted by Crippen LogP contribution is 2.18. The highest BCUT2D eigenvalue weighted by molar-refractivity contribution is 8.00. The van der Waals surface area contributed by atoms with Crippen LogP contribution in [-0.2, 0) is 14.3 Å². The Hall–Kier alpha value is -1.48. The lowest BCUT2D eigenvalue weighted by Gasteiger charge is -2.24. The van der Waals surface area contributed by atoms with E-state index in [1.54, 1.807) is 14.0 Å². The minimum atomic E-state index is -0.397. The van der Waals surface area contributed by atoms with Gasteiger partial charge in [0.2, 0.25) is 0 Å². The molecule has 1 aliphatic rings. The van der Waals surface area contributed by atoms with Crippen LogP contribution in [0.3, 0.4) is 0 Å². The quantitative estimate of drug-likeness (QED) is 0.354. The first-order chi connectivity index (χ1) is 11.0. The van der Waals surface area contributed by atoms with Gasteiger partial charge in [0.05, 0.1) is 29.6 Å². The summed E-state index contributed by atoms with van der Waals surface area (Å²) in [6, 6.07) is 0. The first-order valence-electron chi connectivity index (χ1n) is 7.57. The molecule has 0 bridgehead atoms. The summed E-state index contributed by atoms with van der Waals surface area (Å²) in [5.41, 5.74) is 0.0585. The van der Waals surface area contributed by atoms with Crippen molar-refractivity contribution in [1.29, 1.82) is 0 Å². The van der Waals surface area contributed by atoms with Crippen LogP contribution in [0.5, 0.6) is 0 Å². The highest BCUT2D eigenvalue weighted by atomic mass is 32.2. The number of hydrogen-bond acceptors (Lipinski definition) is 8. The zero-order valence-electron chi connectivity index (χ0n) is 13.9. The van der Waals surface area contributed by atoms with Gasteiger partial charge in [-0.1, -0.05) is 0 Å². The molecule has 0 radical (unpaired) electrons. The number of esters is 1. The van der Waals surface area contributed by atoms with E-state index in [1.165, 1.54) is 11.8 Å². The van der Waals surface area contributed by atoms with Crippen LogP contribution in [0, 0.1) is 16.0 Å². The fraction of sp³-hybridized carbons (Fsp3) is 0.786. The normalized spacial score (nSPS) is 18.3. The summed E-state index contributed by atoms with van der Waals surface area (Å²) in [5.74, 6) is 0.722. The second-order valence-electron chi connectivity index (χ2n) is 5.21. The lowest BCUT2D eigenvalue weighted by atomic mass is 10.1. The Morgan fingerprint density at radius 2 is 2.26 bits per heavy atom. The van der Waals surface area contributed by atoms with Crippen LogP contribution in [0.25, 0.3) is 0 Å². The van der Waals surface area contributed by atoms with Gasteiger partial charge >= 0.3 is 5.97 Å². The number of nitrogens with one attached hydrogen (secondary N) is 1. The van der Waals surface area contributed by atoms with Crippen molar-refractivity contribution in [2.45, 2.75) is 13.3 Å². The predicted molar refractivity (Wildman–Crippen MR) is 88.6 cm³/mol. The Kier molecular flexibility index (Phi) is 8.78. The summed E-state index contributed by atoms with van der Waals surface area (Å²) in [4.78, 5) is 24.2. The van der Waals surface area contributed by atoms with E-state index >= 15 is 0 Å². The summed E-state index contributed by atoms with van der Waals surface area (Å²) in [7, 11) is 3.49. The van der Waals surface area contributed by atoms with E-state index in [4.69, 9.17) is 9.47 Å². The zero-order valence-corrected chi connectivity index (χ0v) is 14.7. The summed E-state index contributed by atoms with van der Waals surface area (Å²) in [5, 5.41) is 14.3. The van der Waals surface area contributed by atoms with Crippen molar-refractivity contribution in [3.8, 4) is 0 Å². The maximum atomic E-state index is 11.4. The van der Waals surface area contributed by atoms with Gasteiger partial charge in [0.25, 0.3) is 5.70 Å². The molecule has 1 aliphatic heterocycles. The third kappa shape index (κ3) is 6.66. The Morgan fingerprint density at radius 3 is 2.78 bits per heavy atom. The van der Waals surface area contributed by atoms with Gasteiger partial charge in [-0.05, 0) is 13.3 Å². The molecule has 8 nitrogen and oxygen atoms in total. The summed E-state index contributed by atoms with van der Waals surface area (Å²) < 4.78 is 10.2. The van der Waals surface area contributed by atoms with Crippen LogP contribution >= 0.6 is 11.8 Å². The molecule has 1 rings (SSSR count). The molecule has 0 aromatic carbocycles. The second kappa shape index (κ2) is 10.3. The number of ether oxygens (including phenoxy) is 2. The van der Waals surface area contributed by atoms with Crippen LogP contribution < -0.4 is 5.32 Å². The zero-order chi connectivity index (χ0) is 17.2. The number of thioether (sulfide) groups is 1. The monoisotopic (exact) mass is 347 g/mol. The van der Waals surface area contributed by atoms with E-state index in [0.717, 1.165) is 13.0 Å². The first kappa shape index (κ1) is 19.6. The third-order valence-corrected chi connectivity index (χ3v) is 4.35. The van der Waals surface area contributed by atoms with E-state index in [2.05, 4.69) is 5.32 Å². The summed E-state index contributed by atoms with van der Waals surface area (Å²) >= 11 is 1.18. The average molecular weight is 347 g/mol. The largest absolute Gasteiger partial charge is 0.465 e. The average Bonchev–Trinajstić information content (AvgIpc) is 2.99. The molecule has 1 fully saturated rings. The number of rotatable bonds is 10. The number of carbonyl (C=O) groups is 1. The number of hydrogen-bond donors (Lipinski definition) is 1. The molecule has 0 aliphatic carbocycles. The van der Waals surface area contributed by atoms with Crippen LogP contribution in [0.4, 0.5) is 0 Å². The van der Waals surface area contributed by atoms with Crippen molar-refractivity contribution >= 4 is 17.7 Å². The molecule has 132 valence electrons. The second-order valence-corrected chi connectivity index (χ2v) is 6.20. The number of nitrogens with zero attached hydrogens (tertiary/aromatic N) is 2. The van der Waals surface area contributed by atoms with Gasteiger partial charge in [-0.3, -0.25) is 14.9 Å². The Bertz CT molecular complexity index is 438. The molecule has 1 heterocycles. The minimum absolute atomic E-state index is 0.0585. The Balaban J connectivity index is 2.68. The van der Waals surface area contributed by atoms with E-state index < -0.39 is 4.92 Å². The van der Waals surface area contributed by atoms with Crippen LogP contribution in [-0.4, -0.2) is 67.8 Å². The van der Waals surface area contributed by atoms with Crippen molar-refractivity contribution in [3.63, 3.8) is 0 Å². The SMILES string of the molecule is CCOC(=O)CSCC(=C(NC)N(C)CC1CCOC1)[N+](=O)[O-]. The van der Waals surface area contributed by atoms with Gasteiger partial charge in [0, 0.05) is 33.2 Å². The van der Waals surface area contributed by atoms with Gasteiger partial charge in [-0.15, -0.1) is 11.8 Å². The van der Waals surface area contributed by atoms with Crippen molar-refractivity contribution in [2.75, 3.05) is 52.0 Å². The first-order valence-corrected chi connectivity index (χ1v) is 8.72. The molecule has 1 N–H and O–H groups in total. The van der Waals surface area contributed by atoms with Crippen LogP contribution in [0.2, 0.25) is 0 Å². The van der Waals surface area contributed by atoms with Crippen LogP contribution in [0.15, 0.2) is 11.5 Å². The maximum Gasteiger partial charge on any atom is 0.315 e. The van der Waals surface area contributed by atoms with Gasteiger partial charge in [0.15, 0.2) is 5.82 Å². The Labute approximate surface area is 140 Å². The highest BCUT2D eigenvalue weighted by Gasteiger charge is 2.25. The molecule has 1 atom stereocenters. The number of carbonyl (C=O) groups excluding carboxylic acids is 1. The number of nitro groups is 1. The molecule has 1 saturated heterocycles. The van der Waals surface area contributed by atoms with Crippen LogP contribution in [0.1, 0.15) is 13.3 Å². The predicted octanol–water partition coefficient (Wildman–Crippen LogP) is 0.916. The van der Waals surface area contributed by atoms with Crippen molar-refractivity contribution in [3.05, 3.63) is 21.6 Å². The van der Waals surface area contributed by atoms with Gasteiger partial charge in [-0.25, -0.2) is 0 Å². The van der Waals surface area contributed by atoms with E-state index in [9.17, 15) is 14.9 Å². The molecule has 1 unspecified atom stereocenters. The van der Waals surface area contributed by atoms with Gasteiger partial charge in [0.1, 0.15) is 0 Å². The topological polar surface area (TPSA) is 93.9 Å². The van der Waals surface area contributed by atoms with Crippen molar-refractivity contribution in [1.82, 2.24) is 10.2 Å². The molecule has 23 heavy (non-hydrogen) atoms. The van der Waals surface area contributed by atoms with E-state index in [0.29, 0.717) is 31.5 Å². The van der Waals surface area contributed by atoms with E-state index in [-0.39, 0.29) is 23.2 Å². The standard InChI is InChI=1S/C14H25N3O5S/c1-4-22-13(18)10-23-9-12(17(19)20)14(15-2)16(3)7-11-5-6-21-8-11/h11,15H,4-10H2,1-3H3. The lowest BCUT2D eigenvalue weighted by molar-refractivity contribution is -0.426. The fourth-order valence-electron chi connectivity index (χ4n) is 2.40. The van der Waals surface area contributed by atoms with Gasteiger partial charge < -0.3 is 19.7 Å². The molecule has 0 saturated carbocycles. The molecule has 9 heteroatoms. The molecule has 0 amide bonds. The molecule has 0 aromatic rings. The summed E-state index contributed by atoms with van der Waals surface area (Å²) in [6.07, 6.45) is 0.965. The van der Waals surface area contributed by atoms with Crippen molar-refractivity contribution in [2.24, 2.45) is 5.92 Å². The summed E-state index contributed by atoms with van der Waals surface area (Å²) in [6.45, 7) is 4.16. The molecular weight excluding hydrogens is 322 g/mol. The minimum Gasteiger partial charge on any atom is -0.465 e. The maximum absolute atomic E-state index is 11.4. The van der Waals surface area contributed by atoms with E-state index in [1.807, 2.05) is 11.9 Å². The Morgan fingerprint density at radius 1 is 1.52 bits per heavy atom. The van der Waals surface area contributed by atoms with Gasteiger partial charge in [-0.2, -0.15) is 0 Å². The molecule has 0 spiro atoms.